The molecule has 1 aromatic carbocycles. The van der Waals surface area contributed by atoms with Crippen molar-refractivity contribution < 1.29 is 33.7 Å². The Morgan fingerprint density at radius 3 is 1.94 bits per heavy atom. The second kappa shape index (κ2) is 11.0. The van der Waals surface area contributed by atoms with Gasteiger partial charge < -0.3 is 30.0 Å². The molecule has 2 atom stereocenters. The monoisotopic (exact) mass is 438 g/mol. The van der Waals surface area contributed by atoms with Crippen LogP contribution in [0.3, 0.4) is 0 Å². The van der Waals surface area contributed by atoms with Gasteiger partial charge in [0.25, 0.3) is 0 Å². The molecule has 0 aliphatic heterocycles. The number of rotatable bonds is 8. The first-order chi connectivity index (χ1) is 14.2. The van der Waals surface area contributed by atoms with E-state index in [1.165, 1.54) is 19.2 Å². The Hall–Kier alpha value is -2.81. The van der Waals surface area contributed by atoms with Crippen molar-refractivity contribution in [2.45, 2.75) is 71.2 Å². The van der Waals surface area contributed by atoms with Crippen LogP contribution in [0.4, 0.5) is 4.79 Å². The molecule has 1 aromatic rings. The first kappa shape index (κ1) is 26.2. The maximum absolute atomic E-state index is 12.7. The number of ether oxygens (including phenoxy) is 3. The van der Waals surface area contributed by atoms with Crippen molar-refractivity contribution in [3.63, 3.8) is 0 Å². The summed E-state index contributed by atoms with van der Waals surface area (Å²) in [5, 5.41) is 14.9. The normalized spacial score (nSPS) is 13.6. The molecule has 0 bridgehead atoms. The van der Waals surface area contributed by atoms with Gasteiger partial charge in [-0.1, -0.05) is 12.1 Å². The fraction of sp³-hybridized carbons (Fsp3) is 0.591. The number of carbonyl (C=O) groups excluding carboxylic acids is 3. The minimum atomic E-state index is -1.08. The lowest BCUT2D eigenvalue weighted by Crippen LogP contribution is -2.53. The van der Waals surface area contributed by atoms with Gasteiger partial charge in [-0.2, -0.15) is 0 Å². The van der Waals surface area contributed by atoms with E-state index in [2.05, 4.69) is 10.6 Å². The predicted molar refractivity (Wildman–Crippen MR) is 115 cm³/mol. The van der Waals surface area contributed by atoms with Crippen LogP contribution in [-0.2, 0) is 30.2 Å². The highest BCUT2D eigenvalue weighted by Gasteiger charge is 2.29. The van der Waals surface area contributed by atoms with E-state index in [0.717, 1.165) is 5.56 Å². The number of methoxy groups -OCH3 is 1. The molecular weight excluding hydrogens is 404 g/mol. The zero-order valence-electron chi connectivity index (χ0n) is 19.3. The Morgan fingerprint density at radius 2 is 1.45 bits per heavy atom. The molecule has 0 aromatic heterocycles. The first-order valence-electron chi connectivity index (χ1n) is 10.0. The molecule has 0 aliphatic rings. The Balaban J connectivity index is 2.94. The molecule has 0 saturated carbocycles. The fourth-order valence-electron chi connectivity index (χ4n) is 2.52. The van der Waals surface area contributed by atoms with Crippen molar-refractivity contribution in [2.24, 2.45) is 0 Å². The summed E-state index contributed by atoms with van der Waals surface area (Å²) in [5.41, 5.74) is -0.672. The summed E-state index contributed by atoms with van der Waals surface area (Å²) in [7, 11) is 1.20. The second-order valence-corrected chi connectivity index (χ2v) is 9.09. The van der Waals surface area contributed by atoms with Gasteiger partial charge in [0.15, 0.2) is 0 Å². The quantitative estimate of drug-likeness (QED) is 0.417. The van der Waals surface area contributed by atoms with E-state index < -0.39 is 41.3 Å². The van der Waals surface area contributed by atoms with Crippen LogP contribution < -0.4 is 10.6 Å². The maximum atomic E-state index is 12.7. The van der Waals surface area contributed by atoms with Crippen LogP contribution in [-0.4, -0.2) is 60.1 Å². The van der Waals surface area contributed by atoms with Crippen molar-refractivity contribution in [3.05, 3.63) is 29.8 Å². The number of benzene rings is 1. The number of carbonyl (C=O) groups is 3. The summed E-state index contributed by atoms with van der Waals surface area (Å²) >= 11 is 0. The minimum Gasteiger partial charge on any atom is -0.508 e. The number of alkyl carbamates (subject to hydrolysis) is 1. The van der Waals surface area contributed by atoms with Gasteiger partial charge in [-0.3, -0.25) is 4.79 Å². The number of aromatic hydroxyl groups is 1. The molecule has 0 aliphatic carbocycles. The van der Waals surface area contributed by atoms with Gasteiger partial charge >= 0.3 is 18.0 Å². The zero-order valence-corrected chi connectivity index (χ0v) is 19.3. The summed E-state index contributed by atoms with van der Waals surface area (Å²) in [6.45, 7) is 10.3. The summed E-state index contributed by atoms with van der Waals surface area (Å²) in [6, 6.07) is 4.52. The number of phenolic OH excluding ortho intramolecular Hbond substituents is 1. The largest absolute Gasteiger partial charge is 0.508 e. The van der Waals surface area contributed by atoms with E-state index in [-0.39, 0.29) is 18.7 Å². The molecule has 0 fully saturated rings. The van der Waals surface area contributed by atoms with E-state index in [4.69, 9.17) is 14.2 Å². The number of hydrogen-bond donors (Lipinski definition) is 3. The summed E-state index contributed by atoms with van der Waals surface area (Å²) in [4.78, 5) is 37.0. The average Bonchev–Trinajstić information content (AvgIpc) is 2.61. The molecule has 31 heavy (non-hydrogen) atoms. The smallest absolute Gasteiger partial charge is 0.408 e. The number of esters is 2. The zero-order chi connectivity index (χ0) is 23.8. The van der Waals surface area contributed by atoms with Gasteiger partial charge in [-0.05, 0) is 65.7 Å². The van der Waals surface area contributed by atoms with E-state index in [1.807, 2.05) is 0 Å². The Labute approximate surface area is 183 Å². The van der Waals surface area contributed by atoms with Gasteiger partial charge in [0, 0.05) is 6.54 Å². The number of phenols is 1. The third-order valence-electron chi connectivity index (χ3n) is 3.81. The van der Waals surface area contributed by atoms with Crippen molar-refractivity contribution in [1.82, 2.24) is 10.6 Å². The summed E-state index contributed by atoms with van der Waals surface area (Å²) < 4.78 is 15.4. The van der Waals surface area contributed by atoms with Crippen LogP contribution in [0.15, 0.2) is 24.3 Å². The highest BCUT2D eigenvalue weighted by molar-refractivity contribution is 5.82. The molecule has 1 rings (SSSR count). The van der Waals surface area contributed by atoms with Crippen LogP contribution in [0.25, 0.3) is 0 Å². The topological polar surface area (TPSA) is 123 Å². The third-order valence-corrected chi connectivity index (χ3v) is 3.81. The molecule has 0 heterocycles. The van der Waals surface area contributed by atoms with E-state index >= 15 is 0 Å². The van der Waals surface area contributed by atoms with Gasteiger partial charge in [0.1, 0.15) is 29.0 Å². The molecule has 0 saturated heterocycles. The van der Waals surface area contributed by atoms with E-state index in [1.54, 1.807) is 53.7 Å². The molecule has 0 spiro atoms. The first-order valence-corrected chi connectivity index (χ1v) is 10.0. The van der Waals surface area contributed by atoms with Gasteiger partial charge in [-0.25, -0.2) is 9.59 Å². The molecule has 1 amide bonds. The van der Waals surface area contributed by atoms with Gasteiger partial charge in [-0.15, -0.1) is 0 Å². The van der Waals surface area contributed by atoms with E-state index in [0.29, 0.717) is 0 Å². The SMILES string of the molecule is COC(=O)[C@H](CN[C@@H](Cc1ccc(O)cc1)C(=O)OC(C)(C)C)NC(=O)OC(C)(C)C. The number of amides is 1. The van der Waals surface area contributed by atoms with Crippen molar-refractivity contribution in [1.29, 1.82) is 0 Å². The predicted octanol–water partition coefficient (Wildman–Crippen LogP) is 2.30. The maximum Gasteiger partial charge on any atom is 0.408 e. The van der Waals surface area contributed by atoms with Crippen LogP contribution in [0.2, 0.25) is 0 Å². The Kier molecular flexibility index (Phi) is 9.30. The Morgan fingerprint density at radius 1 is 0.903 bits per heavy atom. The van der Waals surface area contributed by atoms with Crippen LogP contribution in [0.5, 0.6) is 5.75 Å². The summed E-state index contributed by atoms with van der Waals surface area (Å²) in [5.74, 6) is -1.09. The van der Waals surface area contributed by atoms with Gasteiger partial charge in [0.2, 0.25) is 0 Å². The Bertz CT molecular complexity index is 749. The standard InChI is InChI=1S/C22H34N2O7/c1-21(2,3)30-19(27)16(12-14-8-10-15(25)11-9-14)23-13-17(18(26)29-7)24-20(28)31-22(4,5)6/h8-11,16-17,23,25H,12-13H2,1-7H3,(H,24,28)/t16-,17-/m0/s1. The molecule has 3 N–H and O–H groups in total. The molecular formula is C22H34N2O7. The number of nitrogens with one attached hydrogen (secondary N) is 2. The van der Waals surface area contributed by atoms with E-state index in [9.17, 15) is 19.5 Å². The lowest BCUT2D eigenvalue weighted by Gasteiger charge is -2.26. The van der Waals surface area contributed by atoms with Crippen molar-refractivity contribution in [3.8, 4) is 5.75 Å². The molecule has 9 heteroatoms. The molecule has 0 unspecified atom stereocenters. The third kappa shape index (κ3) is 10.7. The summed E-state index contributed by atoms with van der Waals surface area (Å²) in [6.07, 6.45) is -0.535. The number of hydrogen-bond acceptors (Lipinski definition) is 8. The fourth-order valence-corrected chi connectivity index (χ4v) is 2.52. The average molecular weight is 439 g/mol. The van der Waals surface area contributed by atoms with Gasteiger partial charge in [0.05, 0.1) is 7.11 Å². The second-order valence-electron chi connectivity index (χ2n) is 9.09. The van der Waals surface area contributed by atoms with Crippen LogP contribution in [0, 0.1) is 0 Å². The lowest BCUT2D eigenvalue weighted by atomic mass is 10.0. The lowest BCUT2D eigenvalue weighted by molar-refractivity contribution is -0.157. The van der Waals surface area contributed by atoms with Crippen molar-refractivity contribution >= 4 is 18.0 Å². The molecule has 0 radical (unpaired) electrons. The molecule has 9 nitrogen and oxygen atoms in total. The minimum absolute atomic E-state index is 0.0894. The van der Waals surface area contributed by atoms with Crippen LogP contribution in [0.1, 0.15) is 47.1 Å². The van der Waals surface area contributed by atoms with Crippen LogP contribution >= 0.6 is 0 Å². The van der Waals surface area contributed by atoms with Crippen molar-refractivity contribution in [2.75, 3.05) is 13.7 Å². The molecule has 174 valence electrons. The highest BCUT2D eigenvalue weighted by atomic mass is 16.6. The highest BCUT2D eigenvalue weighted by Crippen LogP contribution is 2.14.